The first-order valence-electron chi connectivity index (χ1n) is 6.29. The van der Waals surface area contributed by atoms with Gasteiger partial charge in [-0.1, -0.05) is 18.2 Å². The number of aryl methyl sites for hydroxylation is 1. The van der Waals surface area contributed by atoms with Gasteiger partial charge in [-0.05, 0) is 43.9 Å². The molecule has 1 aliphatic rings. The standard InChI is InChI=1S/C14H22N2O/c1-9-5-4-6-12(10(9)2)14(16-15)13-7-8-17-11(13)3/h4-6,11,13-14,16H,7-8,15H2,1-3H3. The molecule has 0 bridgehead atoms. The Balaban J connectivity index is 2.31. The number of hydrogen-bond acceptors (Lipinski definition) is 3. The summed E-state index contributed by atoms with van der Waals surface area (Å²) in [6, 6.07) is 6.59. The number of hydrogen-bond donors (Lipinski definition) is 2. The van der Waals surface area contributed by atoms with Gasteiger partial charge in [0, 0.05) is 12.5 Å². The second-order valence-corrected chi connectivity index (χ2v) is 4.96. The lowest BCUT2D eigenvalue weighted by Gasteiger charge is -2.27. The van der Waals surface area contributed by atoms with Crippen LogP contribution in [-0.4, -0.2) is 12.7 Å². The minimum Gasteiger partial charge on any atom is -0.378 e. The van der Waals surface area contributed by atoms with Crippen LogP contribution in [0.1, 0.15) is 36.1 Å². The average Bonchev–Trinajstić information content (AvgIpc) is 2.72. The van der Waals surface area contributed by atoms with E-state index in [1.807, 2.05) is 0 Å². The summed E-state index contributed by atoms with van der Waals surface area (Å²) in [6.07, 6.45) is 1.35. The highest BCUT2D eigenvalue weighted by molar-refractivity contribution is 5.35. The summed E-state index contributed by atoms with van der Waals surface area (Å²) in [5, 5.41) is 0. The molecule has 1 saturated heterocycles. The number of ether oxygens (including phenoxy) is 1. The van der Waals surface area contributed by atoms with Crippen LogP contribution in [0.25, 0.3) is 0 Å². The van der Waals surface area contributed by atoms with Crippen molar-refractivity contribution in [3.8, 4) is 0 Å². The molecule has 3 N–H and O–H groups in total. The molecule has 3 heteroatoms. The molecule has 0 aliphatic carbocycles. The second-order valence-electron chi connectivity index (χ2n) is 4.96. The van der Waals surface area contributed by atoms with E-state index in [-0.39, 0.29) is 12.1 Å². The number of nitrogens with two attached hydrogens (primary N) is 1. The van der Waals surface area contributed by atoms with E-state index >= 15 is 0 Å². The molecule has 0 amide bonds. The zero-order chi connectivity index (χ0) is 12.4. The third-order valence-corrected chi connectivity index (χ3v) is 4.02. The summed E-state index contributed by atoms with van der Waals surface area (Å²) in [7, 11) is 0. The van der Waals surface area contributed by atoms with E-state index in [0.29, 0.717) is 5.92 Å². The van der Waals surface area contributed by atoms with Gasteiger partial charge in [0.25, 0.3) is 0 Å². The normalized spacial score (nSPS) is 26.1. The third kappa shape index (κ3) is 2.37. The maximum absolute atomic E-state index is 5.76. The Morgan fingerprint density at radius 1 is 1.41 bits per heavy atom. The number of benzene rings is 1. The van der Waals surface area contributed by atoms with Crippen molar-refractivity contribution in [3.63, 3.8) is 0 Å². The molecule has 3 nitrogen and oxygen atoms in total. The van der Waals surface area contributed by atoms with Gasteiger partial charge < -0.3 is 4.74 Å². The Labute approximate surface area is 103 Å². The van der Waals surface area contributed by atoms with Gasteiger partial charge in [0.2, 0.25) is 0 Å². The molecule has 1 fully saturated rings. The first-order valence-corrected chi connectivity index (χ1v) is 6.29. The van der Waals surface area contributed by atoms with Gasteiger partial charge in [-0.25, -0.2) is 0 Å². The van der Waals surface area contributed by atoms with E-state index in [2.05, 4.69) is 44.4 Å². The lowest BCUT2D eigenvalue weighted by atomic mass is 9.86. The predicted octanol–water partition coefficient (Wildman–Crippen LogP) is 2.23. The number of hydrazine groups is 1. The molecule has 0 radical (unpaired) electrons. The van der Waals surface area contributed by atoms with Crippen LogP contribution < -0.4 is 11.3 Å². The fourth-order valence-corrected chi connectivity index (χ4v) is 2.74. The minimum atomic E-state index is 0.187. The van der Waals surface area contributed by atoms with Crippen LogP contribution in [0.5, 0.6) is 0 Å². The molecule has 17 heavy (non-hydrogen) atoms. The van der Waals surface area contributed by atoms with Crippen LogP contribution in [0.4, 0.5) is 0 Å². The molecular formula is C14H22N2O. The fourth-order valence-electron chi connectivity index (χ4n) is 2.74. The van der Waals surface area contributed by atoms with Gasteiger partial charge in [0.15, 0.2) is 0 Å². The zero-order valence-corrected chi connectivity index (χ0v) is 10.9. The smallest absolute Gasteiger partial charge is 0.0594 e. The molecule has 2 rings (SSSR count). The van der Waals surface area contributed by atoms with E-state index in [9.17, 15) is 0 Å². The third-order valence-electron chi connectivity index (χ3n) is 4.02. The van der Waals surface area contributed by atoms with E-state index in [4.69, 9.17) is 10.6 Å². The van der Waals surface area contributed by atoms with E-state index < -0.39 is 0 Å². The molecule has 1 aliphatic heterocycles. The number of nitrogens with one attached hydrogen (secondary N) is 1. The zero-order valence-electron chi connectivity index (χ0n) is 10.9. The molecule has 1 aromatic rings. The van der Waals surface area contributed by atoms with Crippen molar-refractivity contribution in [2.45, 2.75) is 39.3 Å². The van der Waals surface area contributed by atoms with Gasteiger partial charge >= 0.3 is 0 Å². The molecule has 0 aromatic heterocycles. The molecular weight excluding hydrogens is 212 g/mol. The summed E-state index contributed by atoms with van der Waals surface area (Å²) < 4.78 is 5.64. The second kappa shape index (κ2) is 5.17. The maximum Gasteiger partial charge on any atom is 0.0594 e. The van der Waals surface area contributed by atoms with Gasteiger partial charge in [0.05, 0.1) is 12.1 Å². The van der Waals surface area contributed by atoms with Crippen LogP contribution in [0, 0.1) is 19.8 Å². The molecule has 1 aromatic carbocycles. The Bertz CT molecular complexity index is 392. The Kier molecular flexibility index (Phi) is 3.82. The summed E-state index contributed by atoms with van der Waals surface area (Å²) in [4.78, 5) is 0. The van der Waals surface area contributed by atoms with Crippen LogP contribution in [0.15, 0.2) is 18.2 Å². The molecule has 0 spiro atoms. The number of rotatable bonds is 3. The monoisotopic (exact) mass is 234 g/mol. The summed E-state index contributed by atoms with van der Waals surface area (Å²) in [5.41, 5.74) is 6.92. The minimum absolute atomic E-state index is 0.187. The van der Waals surface area contributed by atoms with Crippen molar-refractivity contribution in [2.75, 3.05) is 6.61 Å². The van der Waals surface area contributed by atoms with Crippen molar-refractivity contribution in [1.82, 2.24) is 5.43 Å². The Morgan fingerprint density at radius 2 is 2.18 bits per heavy atom. The lowest BCUT2D eigenvalue weighted by molar-refractivity contribution is 0.0953. The molecule has 3 atom stereocenters. The first-order chi connectivity index (χ1) is 8.15. The van der Waals surface area contributed by atoms with E-state index in [1.165, 1.54) is 16.7 Å². The quantitative estimate of drug-likeness (QED) is 0.623. The predicted molar refractivity (Wildman–Crippen MR) is 69.5 cm³/mol. The van der Waals surface area contributed by atoms with Crippen molar-refractivity contribution >= 4 is 0 Å². The van der Waals surface area contributed by atoms with Gasteiger partial charge in [-0.2, -0.15) is 0 Å². The van der Waals surface area contributed by atoms with Gasteiger partial charge in [-0.15, -0.1) is 0 Å². The lowest BCUT2D eigenvalue weighted by Crippen LogP contribution is -2.36. The topological polar surface area (TPSA) is 47.3 Å². The van der Waals surface area contributed by atoms with Gasteiger partial charge in [-0.3, -0.25) is 11.3 Å². The van der Waals surface area contributed by atoms with Crippen molar-refractivity contribution in [3.05, 3.63) is 34.9 Å². The Hall–Kier alpha value is -0.900. The van der Waals surface area contributed by atoms with Crippen molar-refractivity contribution in [2.24, 2.45) is 11.8 Å². The summed E-state index contributed by atoms with van der Waals surface area (Å²) in [6.45, 7) is 7.28. The maximum atomic E-state index is 5.76. The average molecular weight is 234 g/mol. The highest BCUT2D eigenvalue weighted by Gasteiger charge is 2.32. The molecule has 3 unspecified atom stereocenters. The first kappa shape index (κ1) is 12.6. The molecule has 1 heterocycles. The highest BCUT2D eigenvalue weighted by Crippen LogP contribution is 2.34. The molecule has 0 saturated carbocycles. The van der Waals surface area contributed by atoms with E-state index in [0.717, 1.165) is 13.0 Å². The van der Waals surface area contributed by atoms with E-state index in [1.54, 1.807) is 0 Å². The fraction of sp³-hybridized carbons (Fsp3) is 0.571. The van der Waals surface area contributed by atoms with Crippen molar-refractivity contribution < 1.29 is 4.74 Å². The van der Waals surface area contributed by atoms with Crippen LogP contribution in [0.3, 0.4) is 0 Å². The van der Waals surface area contributed by atoms with Crippen LogP contribution >= 0.6 is 0 Å². The van der Waals surface area contributed by atoms with Gasteiger partial charge in [0.1, 0.15) is 0 Å². The largest absolute Gasteiger partial charge is 0.378 e. The molecule has 94 valence electrons. The SMILES string of the molecule is Cc1cccc(C(NN)C2CCOC2C)c1C. The summed E-state index contributed by atoms with van der Waals surface area (Å²) >= 11 is 0. The van der Waals surface area contributed by atoms with Crippen molar-refractivity contribution in [1.29, 1.82) is 0 Å². The van der Waals surface area contributed by atoms with Crippen LogP contribution in [-0.2, 0) is 4.74 Å². The summed E-state index contributed by atoms with van der Waals surface area (Å²) in [5.74, 6) is 6.22. The highest BCUT2D eigenvalue weighted by atomic mass is 16.5. The Morgan fingerprint density at radius 3 is 2.76 bits per heavy atom. The van der Waals surface area contributed by atoms with Crippen LogP contribution in [0.2, 0.25) is 0 Å².